The highest BCUT2D eigenvalue weighted by Gasteiger charge is 2.15. The maximum Gasteiger partial charge on any atom is 0.407 e. The minimum absolute atomic E-state index is 0.350. The molecule has 0 aromatic rings. The van der Waals surface area contributed by atoms with Crippen molar-refractivity contribution in [2.24, 2.45) is 0 Å². The summed E-state index contributed by atoms with van der Waals surface area (Å²) in [5.74, 6) is 1.10. The van der Waals surface area contributed by atoms with Crippen LogP contribution in [0.5, 0.6) is 0 Å². The van der Waals surface area contributed by atoms with Crippen LogP contribution in [0.4, 0.5) is 4.79 Å². The van der Waals surface area contributed by atoms with E-state index in [9.17, 15) is 4.79 Å². The highest BCUT2D eigenvalue weighted by Crippen LogP contribution is 2.06. The number of thioether (sulfide) groups is 1. The smallest absolute Gasteiger partial charge is 0.407 e. The Morgan fingerprint density at radius 2 is 2.00 bits per heavy atom. The van der Waals surface area contributed by atoms with E-state index in [0.717, 1.165) is 18.7 Å². The van der Waals surface area contributed by atoms with Gasteiger partial charge in [-0.2, -0.15) is 11.8 Å². The standard InChI is InChI=1S/C12H26N2O2S/c1-6-10(9-17-5)13-7-8-14-11(15)16-12(2,3)4/h10,13H,6-9H2,1-5H3,(H,14,15). The lowest BCUT2D eigenvalue weighted by Gasteiger charge is -2.20. The first-order valence-electron chi connectivity index (χ1n) is 6.08. The fraction of sp³-hybridized carbons (Fsp3) is 0.917. The van der Waals surface area contributed by atoms with Crippen LogP contribution in [0.3, 0.4) is 0 Å². The zero-order valence-electron chi connectivity index (χ0n) is 11.6. The van der Waals surface area contributed by atoms with Gasteiger partial charge in [0.15, 0.2) is 0 Å². The lowest BCUT2D eigenvalue weighted by atomic mass is 10.2. The molecule has 5 heteroatoms. The molecule has 0 aliphatic heterocycles. The van der Waals surface area contributed by atoms with Crippen molar-refractivity contribution in [3.05, 3.63) is 0 Å². The van der Waals surface area contributed by atoms with Crippen molar-refractivity contribution in [1.29, 1.82) is 0 Å². The highest BCUT2D eigenvalue weighted by molar-refractivity contribution is 7.98. The molecule has 4 nitrogen and oxygen atoms in total. The summed E-state index contributed by atoms with van der Waals surface area (Å²) in [5, 5.41) is 6.13. The summed E-state index contributed by atoms with van der Waals surface area (Å²) in [4.78, 5) is 11.3. The van der Waals surface area contributed by atoms with E-state index in [0.29, 0.717) is 12.6 Å². The summed E-state index contributed by atoms with van der Waals surface area (Å²) in [7, 11) is 0. The Morgan fingerprint density at radius 3 is 2.47 bits per heavy atom. The Balaban J connectivity index is 3.60. The van der Waals surface area contributed by atoms with Gasteiger partial charge in [-0.15, -0.1) is 0 Å². The molecular formula is C12H26N2O2S. The van der Waals surface area contributed by atoms with Crippen LogP contribution in [-0.4, -0.2) is 42.8 Å². The molecule has 2 N–H and O–H groups in total. The highest BCUT2D eigenvalue weighted by atomic mass is 32.2. The number of ether oxygens (including phenoxy) is 1. The van der Waals surface area contributed by atoms with E-state index in [2.05, 4.69) is 23.8 Å². The molecule has 0 saturated heterocycles. The first-order valence-corrected chi connectivity index (χ1v) is 7.47. The molecule has 0 fully saturated rings. The molecule has 0 aromatic carbocycles. The van der Waals surface area contributed by atoms with Gasteiger partial charge in [0.1, 0.15) is 5.60 Å². The molecule has 0 bridgehead atoms. The van der Waals surface area contributed by atoms with Gasteiger partial charge in [-0.3, -0.25) is 0 Å². The number of rotatable bonds is 7. The Morgan fingerprint density at radius 1 is 1.35 bits per heavy atom. The molecular weight excluding hydrogens is 236 g/mol. The Bertz CT molecular complexity index is 217. The van der Waals surface area contributed by atoms with E-state index >= 15 is 0 Å². The molecule has 0 aliphatic carbocycles. The van der Waals surface area contributed by atoms with Crippen LogP contribution in [0.2, 0.25) is 0 Å². The van der Waals surface area contributed by atoms with Crippen LogP contribution >= 0.6 is 11.8 Å². The van der Waals surface area contributed by atoms with Crippen LogP contribution in [0.15, 0.2) is 0 Å². The largest absolute Gasteiger partial charge is 0.444 e. The summed E-state index contributed by atoms with van der Waals surface area (Å²) in [6, 6.07) is 0.519. The summed E-state index contributed by atoms with van der Waals surface area (Å²) in [6.45, 7) is 9.11. The Kier molecular flexibility index (Phi) is 8.43. The van der Waals surface area contributed by atoms with E-state index < -0.39 is 5.60 Å². The van der Waals surface area contributed by atoms with Gasteiger partial charge in [-0.25, -0.2) is 4.79 Å². The van der Waals surface area contributed by atoms with Crippen molar-refractivity contribution in [3.63, 3.8) is 0 Å². The number of alkyl carbamates (subject to hydrolysis) is 1. The number of carbonyl (C=O) groups excluding carboxylic acids is 1. The SMILES string of the molecule is CCC(CSC)NCCNC(=O)OC(C)(C)C. The second-order valence-electron chi connectivity index (χ2n) is 4.94. The fourth-order valence-corrected chi connectivity index (χ4v) is 2.03. The van der Waals surface area contributed by atoms with Gasteiger partial charge in [-0.05, 0) is 33.4 Å². The maximum atomic E-state index is 11.3. The summed E-state index contributed by atoms with van der Waals surface area (Å²) in [6.07, 6.45) is 2.86. The molecule has 1 amide bonds. The summed E-state index contributed by atoms with van der Waals surface area (Å²) in [5.41, 5.74) is -0.428. The normalized spacial score (nSPS) is 13.2. The number of nitrogens with one attached hydrogen (secondary N) is 2. The molecule has 1 unspecified atom stereocenters. The molecule has 1 atom stereocenters. The van der Waals surface area contributed by atoms with Crippen molar-refractivity contribution < 1.29 is 9.53 Å². The van der Waals surface area contributed by atoms with Crippen molar-refractivity contribution in [2.75, 3.05) is 25.1 Å². The van der Waals surface area contributed by atoms with Gasteiger partial charge in [0.05, 0.1) is 0 Å². The van der Waals surface area contributed by atoms with Gasteiger partial charge in [-0.1, -0.05) is 6.92 Å². The van der Waals surface area contributed by atoms with Gasteiger partial charge in [0.2, 0.25) is 0 Å². The van der Waals surface area contributed by atoms with Gasteiger partial charge in [0, 0.05) is 24.9 Å². The lowest BCUT2D eigenvalue weighted by Crippen LogP contribution is -2.39. The van der Waals surface area contributed by atoms with Crippen LogP contribution in [0.1, 0.15) is 34.1 Å². The quantitative estimate of drug-likeness (QED) is 0.691. The predicted molar refractivity (Wildman–Crippen MR) is 74.7 cm³/mol. The molecule has 0 saturated carbocycles. The number of amides is 1. The first kappa shape index (κ1) is 16.6. The minimum atomic E-state index is -0.428. The molecule has 0 aromatic heterocycles. The third-order valence-corrected chi connectivity index (χ3v) is 2.82. The summed E-state index contributed by atoms with van der Waals surface area (Å²) >= 11 is 1.83. The molecule has 0 rings (SSSR count). The maximum absolute atomic E-state index is 11.3. The predicted octanol–water partition coefficient (Wildman–Crippen LogP) is 2.24. The van der Waals surface area contributed by atoms with Crippen molar-refractivity contribution in [1.82, 2.24) is 10.6 Å². The second kappa shape index (κ2) is 8.64. The molecule has 17 heavy (non-hydrogen) atoms. The van der Waals surface area contributed by atoms with E-state index in [1.54, 1.807) is 0 Å². The van der Waals surface area contributed by atoms with Crippen LogP contribution < -0.4 is 10.6 Å². The number of hydrogen-bond acceptors (Lipinski definition) is 4. The van der Waals surface area contributed by atoms with Crippen molar-refractivity contribution in [2.45, 2.75) is 45.8 Å². The molecule has 102 valence electrons. The van der Waals surface area contributed by atoms with E-state index in [-0.39, 0.29) is 6.09 Å². The minimum Gasteiger partial charge on any atom is -0.444 e. The number of hydrogen-bond donors (Lipinski definition) is 2. The Hall–Kier alpha value is -0.420. The third kappa shape index (κ3) is 10.5. The van der Waals surface area contributed by atoms with Crippen molar-refractivity contribution >= 4 is 17.9 Å². The fourth-order valence-electron chi connectivity index (χ4n) is 1.28. The van der Waals surface area contributed by atoms with Crippen LogP contribution in [0, 0.1) is 0 Å². The van der Waals surface area contributed by atoms with E-state index in [1.807, 2.05) is 32.5 Å². The molecule has 0 heterocycles. The zero-order chi connectivity index (χ0) is 13.3. The molecule has 0 spiro atoms. The number of carbonyl (C=O) groups is 1. The van der Waals surface area contributed by atoms with Gasteiger partial charge >= 0.3 is 6.09 Å². The van der Waals surface area contributed by atoms with Gasteiger partial charge < -0.3 is 15.4 Å². The van der Waals surface area contributed by atoms with Crippen LogP contribution in [0.25, 0.3) is 0 Å². The lowest BCUT2D eigenvalue weighted by molar-refractivity contribution is 0.0528. The van der Waals surface area contributed by atoms with Crippen LogP contribution in [-0.2, 0) is 4.74 Å². The zero-order valence-corrected chi connectivity index (χ0v) is 12.4. The van der Waals surface area contributed by atoms with Crippen molar-refractivity contribution in [3.8, 4) is 0 Å². The first-order chi connectivity index (χ1) is 7.89. The summed E-state index contributed by atoms with van der Waals surface area (Å²) < 4.78 is 5.14. The van der Waals surface area contributed by atoms with Gasteiger partial charge in [0.25, 0.3) is 0 Å². The third-order valence-electron chi connectivity index (χ3n) is 2.09. The molecule has 0 aliphatic rings. The Labute approximate surface area is 109 Å². The van der Waals surface area contributed by atoms with E-state index in [1.165, 1.54) is 0 Å². The topological polar surface area (TPSA) is 50.4 Å². The second-order valence-corrected chi connectivity index (χ2v) is 5.85. The van der Waals surface area contributed by atoms with E-state index in [4.69, 9.17) is 4.74 Å². The average Bonchev–Trinajstić information content (AvgIpc) is 2.20. The monoisotopic (exact) mass is 262 g/mol. The average molecular weight is 262 g/mol. The molecule has 0 radical (unpaired) electrons.